The maximum atomic E-state index is 13.4. The Morgan fingerprint density at radius 2 is 1.31 bits per heavy atom. The third-order valence-corrected chi connectivity index (χ3v) is 9.50. The van der Waals surface area contributed by atoms with E-state index in [0.717, 1.165) is 27.8 Å². The van der Waals surface area contributed by atoms with Crippen molar-refractivity contribution < 1.29 is 57.1 Å². The number of amides is 1. The average molecular weight is 816 g/mol. The van der Waals surface area contributed by atoms with E-state index in [1.54, 1.807) is 24.3 Å². The van der Waals surface area contributed by atoms with E-state index in [1.165, 1.54) is 20.8 Å². The molecule has 2 aliphatic rings. The number of carbonyl (C=O) groups is 5. The van der Waals surface area contributed by atoms with Gasteiger partial charge in [0.1, 0.15) is 29.8 Å². The zero-order chi connectivity index (χ0) is 36.5. The number of hydrogen-bond acceptors (Lipinski definition) is 12. The van der Waals surface area contributed by atoms with Crippen LogP contribution < -0.4 is 5.32 Å². The first-order valence-corrected chi connectivity index (χ1v) is 17.5. The van der Waals surface area contributed by atoms with Crippen LogP contribution >= 0.6 is 22.6 Å². The molecular weight excluding hydrogens is 777 g/mol. The van der Waals surface area contributed by atoms with Crippen molar-refractivity contribution in [3.8, 4) is 11.1 Å². The maximum absolute atomic E-state index is 13.4. The molecule has 3 aromatic carbocycles. The average Bonchev–Trinajstić information content (AvgIpc) is 3.43. The van der Waals surface area contributed by atoms with Crippen LogP contribution in [0.4, 0.5) is 4.79 Å². The van der Waals surface area contributed by atoms with Crippen LogP contribution in [-0.2, 0) is 58.9 Å². The molecule has 1 aliphatic carbocycles. The molecule has 1 aliphatic heterocycles. The molecule has 6 atom stereocenters. The molecule has 1 amide bonds. The SMILES string of the molecule is CC(=O)OC[C@H]1O[C@H](OC[C@H](NC(=O)OCC2c3ccccc3-c3ccccc32)C(=O)OCc2ccccc2)[C@@H](I)[C@@H](OC(C)=O)[C@@H]1OC(C)=O. The predicted octanol–water partition coefficient (Wildman–Crippen LogP) is 4.61. The van der Waals surface area contributed by atoms with Crippen molar-refractivity contribution in [1.29, 1.82) is 0 Å². The molecule has 0 bridgehead atoms. The Morgan fingerprint density at radius 3 is 1.92 bits per heavy atom. The number of rotatable bonds is 13. The smallest absolute Gasteiger partial charge is 0.407 e. The molecule has 1 saturated heterocycles. The second-order valence-electron chi connectivity index (χ2n) is 11.9. The number of alkyl halides is 1. The summed E-state index contributed by atoms with van der Waals surface area (Å²) in [6.45, 7) is 2.70. The number of nitrogens with one attached hydrogen (secondary N) is 1. The predicted molar refractivity (Wildman–Crippen MR) is 188 cm³/mol. The number of hydrogen-bond donors (Lipinski definition) is 1. The number of halogens is 1. The number of fused-ring (bicyclic) bond motifs is 3. The molecule has 5 rings (SSSR count). The Labute approximate surface area is 308 Å². The van der Waals surface area contributed by atoms with E-state index in [1.807, 2.05) is 77.2 Å². The van der Waals surface area contributed by atoms with Gasteiger partial charge in [-0.05, 0) is 27.8 Å². The van der Waals surface area contributed by atoms with Gasteiger partial charge in [0.05, 0.1) is 6.61 Å². The molecule has 1 N–H and O–H groups in total. The molecule has 0 spiro atoms. The molecule has 0 saturated carbocycles. The molecule has 0 radical (unpaired) electrons. The topological polar surface area (TPSA) is 162 Å². The minimum Gasteiger partial charge on any atom is -0.463 e. The zero-order valence-electron chi connectivity index (χ0n) is 28.2. The lowest BCUT2D eigenvalue weighted by atomic mass is 9.98. The molecule has 3 aromatic rings. The highest BCUT2D eigenvalue weighted by Gasteiger charge is 2.50. The summed E-state index contributed by atoms with van der Waals surface area (Å²) in [5.74, 6) is -2.98. The second kappa shape index (κ2) is 17.6. The van der Waals surface area contributed by atoms with Crippen LogP contribution in [0.5, 0.6) is 0 Å². The van der Waals surface area contributed by atoms with Crippen molar-refractivity contribution in [3.63, 3.8) is 0 Å². The molecule has 1 fully saturated rings. The molecule has 0 unspecified atom stereocenters. The third kappa shape index (κ3) is 9.83. The summed E-state index contributed by atoms with van der Waals surface area (Å²) in [5, 5.41) is 2.57. The van der Waals surface area contributed by atoms with Gasteiger partial charge in [0.2, 0.25) is 0 Å². The summed E-state index contributed by atoms with van der Waals surface area (Å²) in [4.78, 5) is 62.4. The van der Waals surface area contributed by atoms with Crippen molar-refractivity contribution in [2.24, 2.45) is 0 Å². The first kappa shape index (κ1) is 37.7. The van der Waals surface area contributed by atoms with E-state index in [2.05, 4.69) is 5.32 Å². The molecule has 0 aromatic heterocycles. The highest BCUT2D eigenvalue weighted by Crippen LogP contribution is 2.44. The number of benzene rings is 3. The summed E-state index contributed by atoms with van der Waals surface area (Å²) < 4.78 is 38.6. The van der Waals surface area contributed by atoms with Gasteiger partial charge in [0, 0.05) is 26.7 Å². The van der Waals surface area contributed by atoms with Crippen molar-refractivity contribution in [1.82, 2.24) is 5.32 Å². The van der Waals surface area contributed by atoms with E-state index < -0.39 is 71.1 Å². The van der Waals surface area contributed by atoms with Gasteiger partial charge in [-0.2, -0.15) is 0 Å². The fourth-order valence-electron chi connectivity index (χ4n) is 5.97. The van der Waals surface area contributed by atoms with Crippen LogP contribution in [0.25, 0.3) is 11.1 Å². The van der Waals surface area contributed by atoms with Gasteiger partial charge in [-0.1, -0.05) is 101 Å². The maximum Gasteiger partial charge on any atom is 0.407 e. The number of carbonyl (C=O) groups excluding carboxylic acids is 5. The van der Waals surface area contributed by atoms with Gasteiger partial charge in [-0.25, -0.2) is 9.59 Å². The Morgan fingerprint density at radius 1 is 0.725 bits per heavy atom. The normalized spacial score (nSPS) is 21.3. The van der Waals surface area contributed by atoms with Crippen LogP contribution in [0.15, 0.2) is 78.9 Å². The minimum absolute atomic E-state index is 0.00743. The Kier molecular flexibility index (Phi) is 13.0. The van der Waals surface area contributed by atoms with E-state index in [4.69, 9.17) is 33.2 Å². The van der Waals surface area contributed by atoms with Gasteiger partial charge in [-0.15, -0.1) is 0 Å². The van der Waals surface area contributed by atoms with Gasteiger partial charge in [0.15, 0.2) is 24.5 Å². The molecule has 270 valence electrons. The van der Waals surface area contributed by atoms with Crippen LogP contribution in [0, 0.1) is 0 Å². The molecule has 51 heavy (non-hydrogen) atoms. The largest absolute Gasteiger partial charge is 0.463 e. The van der Waals surface area contributed by atoms with Crippen LogP contribution in [0.2, 0.25) is 0 Å². The summed E-state index contributed by atoms with van der Waals surface area (Å²) in [6, 6.07) is 23.4. The van der Waals surface area contributed by atoms with Gasteiger partial charge in [-0.3, -0.25) is 14.4 Å². The molecular formula is C37H38INO12. The minimum atomic E-state index is -1.36. The van der Waals surface area contributed by atoms with Crippen LogP contribution in [0.3, 0.4) is 0 Å². The highest BCUT2D eigenvalue weighted by molar-refractivity contribution is 14.1. The lowest BCUT2D eigenvalue weighted by Crippen LogP contribution is -2.60. The van der Waals surface area contributed by atoms with E-state index >= 15 is 0 Å². The zero-order valence-corrected chi connectivity index (χ0v) is 30.3. The number of ether oxygens (including phenoxy) is 7. The fourth-order valence-corrected chi connectivity index (χ4v) is 6.90. The van der Waals surface area contributed by atoms with E-state index in [0.29, 0.717) is 0 Å². The summed E-state index contributed by atoms with van der Waals surface area (Å²) >= 11 is 1.92. The van der Waals surface area contributed by atoms with Crippen molar-refractivity contribution in [2.45, 2.75) is 67.9 Å². The summed E-state index contributed by atoms with van der Waals surface area (Å²) in [7, 11) is 0. The summed E-state index contributed by atoms with van der Waals surface area (Å²) in [5.41, 5.74) is 4.90. The molecule has 14 heteroatoms. The Hall–Kier alpha value is -4.54. The Balaban J connectivity index is 1.31. The van der Waals surface area contributed by atoms with Gasteiger partial charge in [0.25, 0.3) is 0 Å². The summed E-state index contributed by atoms with van der Waals surface area (Å²) in [6.07, 6.45) is -5.38. The molecule has 13 nitrogen and oxygen atoms in total. The Bertz CT molecular complexity index is 1670. The second-order valence-corrected chi connectivity index (χ2v) is 13.3. The van der Waals surface area contributed by atoms with Crippen molar-refractivity contribution in [3.05, 3.63) is 95.6 Å². The van der Waals surface area contributed by atoms with Crippen molar-refractivity contribution in [2.75, 3.05) is 19.8 Å². The standard InChI is InChI=1S/C37H38INO12/c1-21(40)45-20-31-33(49-22(2)41)34(50-23(3)42)32(38)36(51-31)47-19-30(35(43)46-17-24-11-5-4-6-12-24)39-37(44)48-18-29-27-15-9-7-13-25(27)26-14-8-10-16-28(26)29/h4-16,29-34,36H,17-20H2,1-3H3,(H,39,44)/t30-,31+,32-,33+,34+,36-/m0/s1. The van der Waals surface area contributed by atoms with E-state index in [9.17, 15) is 24.0 Å². The van der Waals surface area contributed by atoms with Gasteiger partial charge >= 0.3 is 30.0 Å². The monoisotopic (exact) mass is 815 g/mol. The lowest BCUT2D eigenvalue weighted by molar-refractivity contribution is -0.261. The van der Waals surface area contributed by atoms with E-state index in [-0.39, 0.29) is 25.7 Å². The number of alkyl carbamates (subject to hydrolysis) is 1. The highest BCUT2D eigenvalue weighted by atomic mass is 127. The fraction of sp³-hybridized carbons (Fsp3) is 0.378. The van der Waals surface area contributed by atoms with Crippen molar-refractivity contribution >= 4 is 52.6 Å². The van der Waals surface area contributed by atoms with Gasteiger partial charge < -0.3 is 38.5 Å². The molecule has 1 heterocycles. The first-order chi connectivity index (χ1) is 24.5. The lowest BCUT2D eigenvalue weighted by Gasteiger charge is -2.43. The third-order valence-electron chi connectivity index (χ3n) is 8.20. The van der Waals surface area contributed by atoms with Crippen LogP contribution in [0.1, 0.15) is 43.4 Å². The van der Waals surface area contributed by atoms with Crippen LogP contribution in [-0.4, -0.2) is 84.4 Å². The quantitative estimate of drug-likeness (QED) is 0.111. The number of esters is 4. The first-order valence-electron chi connectivity index (χ1n) is 16.2.